The number of carbonyl (C=O) groups excluding carboxylic acids is 1. The number of amides is 1. The van der Waals surface area contributed by atoms with E-state index in [4.69, 9.17) is 4.74 Å². The average Bonchev–Trinajstić information content (AvgIpc) is 3.14. The van der Waals surface area contributed by atoms with Gasteiger partial charge in [0.1, 0.15) is 17.7 Å². The Bertz CT molecular complexity index is 1190. The zero-order valence-electron chi connectivity index (χ0n) is 17.2. The number of anilines is 1. The highest BCUT2D eigenvalue weighted by molar-refractivity contribution is 5.90. The summed E-state index contributed by atoms with van der Waals surface area (Å²) >= 11 is 0. The number of halogens is 1. The molecule has 0 aliphatic carbocycles. The van der Waals surface area contributed by atoms with Crippen LogP contribution in [-0.4, -0.2) is 15.9 Å². The maximum Gasteiger partial charge on any atom is 0.413 e. The van der Waals surface area contributed by atoms with E-state index < -0.39 is 18.0 Å². The minimum absolute atomic E-state index is 0.319. The molecule has 4 rings (SSSR count). The molecule has 0 fully saturated rings. The second-order valence-electron chi connectivity index (χ2n) is 7.17. The molecule has 0 bridgehead atoms. The Morgan fingerprint density at radius 3 is 2.26 bits per heavy atom. The lowest BCUT2D eigenvalue weighted by Gasteiger charge is -2.15. The number of nitrogens with zero attached hydrogens (tertiary/aromatic N) is 2. The number of aryl methyl sites for hydroxylation is 1. The number of carbonyl (C=O) groups is 1. The van der Waals surface area contributed by atoms with E-state index in [1.807, 2.05) is 42.5 Å². The monoisotopic (exact) mass is 415 g/mol. The Balaban J connectivity index is 1.51. The van der Waals surface area contributed by atoms with Crippen molar-refractivity contribution in [2.45, 2.75) is 13.0 Å². The van der Waals surface area contributed by atoms with E-state index in [0.717, 1.165) is 22.3 Å². The van der Waals surface area contributed by atoms with Crippen LogP contribution in [0.2, 0.25) is 0 Å². The molecule has 0 spiro atoms. The molecule has 1 atom stereocenters. The van der Waals surface area contributed by atoms with Gasteiger partial charge in [-0.05, 0) is 29.7 Å². The summed E-state index contributed by atoms with van der Waals surface area (Å²) in [5.74, 6) is 0.0840. The van der Waals surface area contributed by atoms with Crippen LogP contribution in [0, 0.1) is 5.82 Å². The molecule has 1 aromatic heterocycles. The summed E-state index contributed by atoms with van der Waals surface area (Å²) in [4.78, 5) is 12.5. The highest BCUT2D eigenvalue weighted by Crippen LogP contribution is 2.30. The molecule has 1 amide bonds. The first-order valence-corrected chi connectivity index (χ1v) is 9.93. The van der Waals surface area contributed by atoms with Crippen molar-refractivity contribution in [1.82, 2.24) is 9.78 Å². The molecular formula is C25H22FN3O2. The molecule has 0 aliphatic rings. The number of aromatic nitrogens is 2. The molecule has 1 N–H and O–H groups in total. The van der Waals surface area contributed by atoms with Crippen molar-refractivity contribution in [2.24, 2.45) is 7.05 Å². The number of nitrogens with one attached hydrogen (secondary N) is 1. The first-order chi connectivity index (χ1) is 15.0. The Kier molecular flexibility index (Phi) is 5.80. The van der Waals surface area contributed by atoms with Gasteiger partial charge in [-0.3, -0.25) is 10.00 Å². The minimum atomic E-state index is -0.733. The average molecular weight is 415 g/mol. The van der Waals surface area contributed by atoms with Gasteiger partial charge in [0, 0.05) is 18.2 Å². The molecule has 1 unspecified atom stereocenters. The fourth-order valence-electron chi connectivity index (χ4n) is 3.42. The van der Waals surface area contributed by atoms with Gasteiger partial charge in [-0.25, -0.2) is 9.18 Å². The molecule has 6 heteroatoms. The largest absolute Gasteiger partial charge is 0.441 e. The molecule has 31 heavy (non-hydrogen) atoms. The lowest BCUT2D eigenvalue weighted by atomic mass is 10.0. The maximum absolute atomic E-state index is 13.9. The normalized spacial score (nSPS) is 11.7. The third-order valence-electron chi connectivity index (χ3n) is 5.09. The molecule has 156 valence electrons. The summed E-state index contributed by atoms with van der Waals surface area (Å²) in [5, 5.41) is 7.01. The highest BCUT2D eigenvalue weighted by Gasteiger charge is 2.18. The molecule has 0 saturated carbocycles. The Morgan fingerprint density at radius 2 is 1.55 bits per heavy atom. The Labute approximate surface area is 180 Å². The van der Waals surface area contributed by atoms with Gasteiger partial charge in [-0.2, -0.15) is 5.10 Å². The molecule has 4 aromatic rings. The van der Waals surface area contributed by atoms with Crippen molar-refractivity contribution in [2.75, 3.05) is 5.32 Å². The summed E-state index contributed by atoms with van der Waals surface area (Å²) in [6, 6.07) is 24.3. The second-order valence-corrected chi connectivity index (χ2v) is 7.17. The van der Waals surface area contributed by atoms with Crippen LogP contribution in [0.25, 0.3) is 22.3 Å². The third kappa shape index (κ3) is 4.48. The van der Waals surface area contributed by atoms with Gasteiger partial charge in [0.2, 0.25) is 0 Å². The zero-order valence-corrected chi connectivity index (χ0v) is 17.2. The van der Waals surface area contributed by atoms with E-state index in [1.54, 1.807) is 43.0 Å². The number of ether oxygens (including phenoxy) is 1. The van der Waals surface area contributed by atoms with Crippen LogP contribution in [0.15, 0.2) is 85.1 Å². The predicted octanol–water partition coefficient (Wildman–Crippen LogP) is 6.20. The molecule has 0 aliphatic heterocycles. The maximum atomic E-state index is 13.9. The second kappa shape index (κ2) is 8.83. The van der Waals surface area contributed by atoms with Crippen LogP contribution in [0.5, 0.6) is 0 Å². The fourth-order valence-corrected chi connectivity index (χ4v) is 3.42. The number of benzene rings is 3. The van der Waals surface area contributed by atoms with Crippen molar-refractivity contribution >= 4 is 11.9 Å². The fraction of sp³-hybridized carbons (Fsp3) is 0.120. The molecule has 0 saturated heterocycles. The van der Waals surface area contributed by atoms with Crippen molar-refractivity contribution in [3.05, 3.63) is 96.4 Å². The van der Waals surface area contributed by atoms with E-state index in [1.165, 1.54) is 6.07 Å². The minimum Gasteiger partial charge on any atom is -0.441 e. The SMILES string of the molecule is CC(OC(=O)Nc1c(-c2ccc(-c3ccccc3)cc2)cnn1C)c1ccccc1F. The van der Waals surface area contributed by atoms with Gasteiger partial charge in [-0.1, -0.05) is 72.8 Å². The van der Waals surface area contributed by atoms with Crippen LogP contribution >= 0.6 is 0 Å². The molecular weight excluding hydrogens is 393 g/mol. The topological polar surface area (TPSA) is 56.1 Å². The van der Waals surface area contributed by atoms with Gasteiger partial charge in [0.25, 0.3) is 0 Å². The van der Waals surface area contributed by atoms with Gasteiger partial charge in [-0.15, -0.1) is 0 Å². The standard InChI is InChI=1S/C25H22FN3O2/c1-17(21-10-6-7-11-23(21)26)31-25(30)28-24-22(16-27-29(24)2)20-14-12-19(13-15-20)18-8-4-3-5-9-18/h3-17H,1-2H3,(H,28,30). The smallest absolute Gasteiger partial charge is 0.413 e. The quantitative estimate of drug-likeness (QED) is 0.422. The summed E-state index contributed by atoms with van der Waals surface area (Å²) in [6.07, 6.45) is 0.275. The van der Waals surface area contributed by atoms with Crippen LogP contribution in [0.1, 0.15) is 18.6 Å². The van der Waals surface area contributed by atoms with E-state index in [9.17, 15) is 9.18 Å². The predicted molar refractivity (Wildman–Crippen MR) is 119 cm³/mol. The summed E-state index contributed by atoms with van der Waals surface area (Å²) in [6.45, 7) is 1.63. The van der Waals surface area contributed by atoms with Crippen molar-refractivity contribution in [3.63, 3.8) is 0 Å². The lowest BCUT2D eigenvalue weighted by molar-refractivity contribution is 0.119. The van der Waals surface area contributed by atoms with Crippen molar-refractivity contribution < 1.29 is 13.9 Å². The number of rotatable bonds is 5. The Hall–Kier alpha value is -3.93. The van der Waals surface area contributed by atoms with E-state index in [2.05, 4.69) is 22.5 Å². The molecule has 1 heterocycles. The van der Waals surface area contributed by atoms with E-state index >= 15 is 0 Å². The van der Waals surface area contributed by atoms with Crippen LogP contribution in [0.3, 0.4) is 0 Å². The molecule has 3 aromatic carbocycles. The summed E-state index contributed by atoms with van der Waals surface area (Å²) < 4.78 is 20.9. The van der Waals surface area contributed by atoms with Gasteiger partial charge >= 0.3 is 6.09 Å². The highest BCUT2D eigenvalue weighted by atomic mass is 19.1. The number of hydrogen-bond donors (Lipinski definition) is 1. The first-order valence-electron chi connectivity index (χ1n) is 9.93. The number of hydrogen-bond acceptors (Lipinski definition) is 3. The van der Waals surface area contributed by atoms with Crippen LogP contribution in [-0.2, 0) is 11.8 Å². The Morgan fingerprint density at radius 1 is 0.935 bits per heavy atom. The third-order valence-corrected chi connectivity index (χ3v) is 5.09. The van der Waals surface area contributed by atoms with Gasteiger partial charge < -0.3 is 4.74 Å². The molecule has 0 radical (unpaired) electrons. The van der Waals surface area contributed by atoms with Crippen LogP contribution in [0.4, 0.5) is 15.0 Å². The first kappa shape index (κ1) is 20.3. The van der Waals surface area contributed by atoms with E-state index in [0.29, 0.717) is 11.4 Å². The summed E-state index contributed by atoms with van der Waals surface area (Å²) in [5.41, 5.74) is 4.22. The van der Waals surface area contributed by atoms with Crippen LogP contribution < -0.4 is 5.32 Å². The summed E-state index contributed by atoms with van der Waals surface area (Å²) in [7, 11) is 1.73. The van der Waals surface area contributed by atoms with Gasteiger partial charge in [0.15, 0.2) is 0 Å². The van der Waals surface area contributed by atoms with Gasteiger partial charge in [0.05, 0.1) is 6.20 Å². The van der Waals surface area contributed by atoms with Crippen molar-refractivity contribution in [1.29, 1.82) is 0 Å². The zero-order chi connectivity index (χ0) is 21.8. The lowest BCUT2D eigenvalue weighted by Crippen LogP contribution is -2.18. The van der Waals surface area contributed by atoms with E-state index in [-0.39, 0.29) is 0 Å². The van der Waals surface area contributed by atoms with Crippen molar-refractivity contribution in [3.8, 4) is 22.3 Å². The molecule has 5 nitrogen and oxygen atoms in total.